The SMILES string of the molecule is CNc1cc(NCC2CCC2)nc(-c2ccccc2)n1. The van der Waals surface area contributed by atoms with Crippen LogP contribution in [0.25, 0.3) is 11.4 Å². The molecule has 2 aromatic rings. The molecule has 20 heavy (non-hydrogen) atoms. The van der Waals surface area contributed by atoms with E-state index in [1.807, 2.05) is 43.4 Å². The summed E-state index contributed by atoms with van der Waals surface area (Å²) in [5.74, 6) is 3.31. The summed E-state index contributed by atoms with van der Waals surface area (Å²) in [6.07, 6.45) is 4.04. The molecule has 1 heterocycles. The molecule has 0 amide bonds. The van der Waals surface area contributed by atoms with Gasteiger partial charge in [-0.15, -0.1) is 0 Å². The lowest BCUT2D eigenvalue weighted by Gasteiger charge is -2.25. The molecule has 4 nitrogen and oxygen atoms in total. The van der Waals surface area contributed by atoms with Crippen LogP contribution in [0.1, 0.15) is 19.3 Å². The maximum Gasteiger partial charge on any atom is 0.163 e. The summed E-state index contributed by atoms with van der Waals surface area (Å²) in [6, 6.07) is 12.0. The molecule has 1 aliphatic carbocycles. The zero-order valence-electron chi connectivity index (χ0n) is 11.8. The zero-order chi connectivity index (χ0) is 13.8. The highest BCUT2D eigenvalue weighted by Crippen LogP contribution is 2.27. The molecule has 1 aliphatic rings. The molecule has 0 spiro atoms. The fourth-order valence-electron chi connectivity index (χ4n) is 2.33. The normalized spacial score (nSPS) is 14.7. The number of aromatic nitrogens is 2. The molecule has 0 unspecified atom stereocenters. The van der Waals surface area contributed by atoms with Gasteiger partial charge in [0.05, 0.1) is 0 Å². The van der Waals surface area contributed by atoms with Crippen molar-refractivity contribution in [3.05, 3.63) is 36.4 Å². The van der Waals surface area contributed by atoms with E-state index in [2.05, 4.69) is 20.6 Å². The quantitative estimate of drug-likeness (QED) is 0.872. The largest absolute Gasteiger partial charge is 0.373 e. The molecule has 3 rings (SSSR count). The Labute approximate surface area is 119 Å². The molecule has 0 radical (unpaired) electrons. The molecule has 1 aromatic carbocycles. The van der Waals surface area contributed by atoms with Crippen molar-refractivity contribution >= 4 is 11.6 Å². The van der Waals surface area contributed by atoms with Crippen molar-refractivity contribution in [3.8, 4) is 11.4 Å². The van der Waals surface area contributed by atoms with E-state index in [0.29, 0.717) is 0 Å². The van der Waals surface area contributed by atoms with Crippen molar-refractivity contribution in [2.24, 2.45) is 5.92 Å². The molecule has 0 atom stereocenters. The van der Waals surface area contributed by atoms with Gasteiger partial charge < -0.3 is 10.6 Å². The van der Waals surface area contributed by atoms with Gasteiger partial charge in [-0.25, -0.2) is 9.97 Å². The van der Waals surface area contributed by atoms with Crippen molar-refractivity contribution in [2.45, 2.75) is 19.3 Å². The summed E-state index contributed by atoms with van der Waals surface area (Å²) in [5.41, 5.74) is 1.04. The first-order valence-corrected chi connectivity index (χ1v) is 7.21. The topological polar surface area (TPSA) is 49.8 Å². The van der Waals surface area contributed by atoms with E-state index in [0.717, 1.165) is 35.5 Å². The summed E-state index contributed by atoms with van der Waals surface area (Å²) in [5, 5.41) is 6.54. The number of nitrogens with zero attached hydrogens (tertiary/aromatic N) is 2. The Balaban J connectivity index is 1.82. The van der Waals surface area contributed by atoms with Crippen LogP contribution in [0, 0.1) is 5.92 Å². The standard InChI is InChI=1S/C16H20N4/c1-17-14-10-15(18-11-12-6-5-7-12)20-16(19-14)13-8-3-2-4-9-13/h2-4,8-10,12H,5-7,11H2,1H3,(H2,17,18,19,20). The highest BCUT2D eigenvalue weighted by Gasteiger charge is 2.17. The average Bonchev–Trinajstić information content (AvgIpc) is 2.46. The predicted octanol–water partition coefficient (Wildman–Crippen LogP) is 3.40. The summed E-state index contributed by atoms with van der Waals surface area (Å²) < 4.78 is 0. The molecular formula is C16H20N4. The summed E-state index contributed by atoms with van der Waals surface area (Å²) in [4.78, 5) is 9.14. The summed E-state index contributed by atoms with van der Waals surface area (Å²) in [6.45, 7) is 1.01. The van der Waals surface area contributed by atoms with Crippen LogP contribution >= 0.6 is 0 Å². The number of hydrogen-bond donors (Lipinski definition) is 2. The third-order valence-corrected chi connectivity index (χ3v) is 3.81. The van der Waals surface area contributed by atoms with Crippen LogP contribution in [-0.4, -0.2) is 23.6 Å². The van der Waals surface area contributed by atoms with Gasteiger partial charge in [-0.3, -0.25) is 0 Å². The molecule has 0 bridgehead atoms. The van der Waals surface area contributed by atoms with Gasteiger partial charge in [0.15, 0.2) is 5.82 Å². The zero-order valence-corrected chi connectivity index (χ0v) is 11.8. The lowest BCUT2D eigenvalue weighted by molar-refractivity contribution is 0.333. The molecule has 2 N–H and O–H groups in total. The molecule has 1 fully saturated rings. The fraction of sp³-hybridized carbons (Fsp3) is 0.375. The van der Waals surface area contributed by atoms with Crippen molar-refractivity contribution in [3.63, 3.8) is 0 Å². The second-order valence-electron chi connectivity index (χ2n) is 5.26. The maximum absolute atomic E-state index is 4.62. The minimum atomic E-state index is 0.758. The van der Waals surface area contributed by atoms with Crippen molar-refractivity contribution in [1.82, 2.24) is 9.97 Å². The molecule has 1 aromatic heterocycles. The molecule has 104 valence electrons. The van der Waals surface area contributed by atoms with Crippen molar-refractivity contribution < 1.29 is 0 Å². The summed E-state index contributed by atoms with van der Waals surface area (Å²) >= 11 is 0. The monoisotopic (exact) mass is 268 g/mol. The van der Waals surface area contributed by atoms with Gasteiger partial charge in [0.2, 0.25) is 0 Å². The van der Waals surface area contributed by atoms with E-state index < -0.39 is 0 Å². The van der Waals surface area contributed by atoms with Crippen LogP contribution in [0.5, 0.6) is 0 Å². The third-order valence-electron chi connectivity index (χ3n) is 3.81. The highest BCUT2D eigenvalue weighted by molar-refractivity contribution is 5.61. The van der Waals surface area contributed by atoms with Gasteiger partial charge in [0.1, 0.15) is 11.6 Å². The van der Waals surface area contributed by atoms with E-state index in [1.165, 1.54) is 19.3 Å². The van der Waals surface area contributed by atoms with Crippen LogP contribution in [0.4, 0.5) is 11.6 Å². The number of rotatable bonds is 5. The Morgan fingerprint density at radius 3 is 2.50 bits per heavy atom. The Morgan fingerprint density at radius 2 is 1.85 bits per heavy atom. The number of benzene rings is 1. The second kappa shape index (κ2) is 5.90. The molecule has 1 saturated carbocycles. The van der Waals surface area contributed by atoms with E-state index in [4.69, 9.17) is 0 Å². The van der Waals surface area contributed by atoms with Crippen LogP contribution in [0.15, 0.2) is 36.4 Å². The fourth-order valence-corrected chi connectivity index (χ4v) is 2.33. The molecular weight excluding hydrogens is 248 g/mol. The maximum atomic E-state index is 4.62. The number of hydrogen-bond acceptors (Lipinski definition) is 4. The predicted molar refractivity (Wildman–Crippen MR) is 82.8 cm³/mol. The van der Waals surface area contributed by atoms with Crippen molar-refractivity contribution in [1.29, 1.82) is 0 Å². The Morgan fingerprint density at radius 1 is 1.10 bits per heavy atom. The van der Waals surface area contributed by atoms with E-state index >= 15 is 0 Å². The first-order chi connectivity index (χ1) is 9.85. The van der Waals surface area contributed by atoms with E-state index in [-0.39, 0.29) is 0 Å². The van der Waals surface area contributed by atoms with Crippen LogP contribution in [-0.2, 0) is 0 Å². The Kier molecular flexibility index (Phi) is 3.81. The van der Waals surface area contributed by atoms with Crippen molar-refractivity contribution in [2.75, 3.05) is 24.2 Å². The third kappa shape index (κ3) is 2.90. The molecule has 4 heteroatoms. The van der Waals surface area contributed by atoms with E-state index in [1.54, 1.807) is 0 Å². The average molecular weight is 268 g/mol. The smallest absolute Gasteiger partial charge is 0.163 e. The van der Waals surface area contributed by atoms with Crippen LogP contribution in [0.2, 0.25) is 0 Å². The summed E-state index contributed by atoms with van der Waals surface area (Å²) in [7, 11) is 1.88. The highest BCUT2D eigenvalue weighted by atomic mass is 15.1. The van der Waals surface area contributed by atoms with Gasteiger partial charge in [-0.05, 0) is 18.8 Å². The van der Waals surface area contributed by atoms with Crippen LogP contribution < -0.4 is 10.6 Å². The Bertz CT molecular complexity index is 564. The first kappa shape index (κ1) is 12.9. The van der Waals surface area contributed by atoms with Gasteiger partial charge in [-0.2, -0.15) is 0 Å². The minimum absolute atomic E-state index is 0.758. The lowest BCUT2D eigenvalue weighted by atomic mass is 9.85. The second-order valence-corrected chi connectivity index (χ2v) is 5.26. The van der Waals surface area contributed by atoms with Crippen LogP contribution in [0.3, 0.4) is 0 Å². The first-order valence-electron chi connectivity index (χ1n) is 7.21. The van der Waals surface area contributed by atoms with E-state index in [9.17, 15) is 0 Å². The van der Waals surface area contributed by atoms with Gasteiger partial charge in [0, 0.05) is 25.2 Å². The number of nitrogens with one attached hydrogen (secondary N) is 2. The van der Waals surface area contributed by atoms with Gasteiger partial charge in [-0.1, -0.05) is 36.8 Å². The number of anilines is 2. The minimum Gasteiger partial charge on any atom is -0.373 e. The molecule has 0 aliphatic heterocycles. The van der Waals surface area contributed by atoms with Gasteiger partial charge >= 0.3 is 0 Å². The Hall–Kier alpha value is -2.10. The molecule has 0 saturated heterocycles. The lowest BCUT2D eigenvalue weighted by Crippen LogP contribution is -2.21. The van der Waals surface area contributed by atoms with Gasteiger partial charge in [0.25, 0.3) is 0 Å².